The number of hydrogen-bond acceptors (Lipinski definition) is 4. The fourth-order valence-corrected chi connectivity index (χ4v) is 3.75. The molecule has 4 nitrogen and oxygen atoms in total. The van der Waals surface area contributed by atoms with E-state index in [4.69, 9.17) is 0 Å². The van der Waals surface area contributed by atoms with Gasteiger partial charge in [0.15, 0.2) is 4.96 Å². The maximum Gasteiger partial charge on any atom is 0.337 e. The molecule has 0 fully saturated rings. The highest BCUT2D eigenvalue weighted by Crippen LogP contribution is 2.27. The zero-order chi connectivity index (χ0) is 14.3. The highest BCUT2D eigenvalue weighted by molar-refractivity contribution is 7.15. The smallest absolute Gasteiger partial charge is 0.337 e. The lowest BCUT2D eigenvalue weighted by molar-refractivity contribution is -0.130. The third-order valence-corrected chi connectivity index (χ3v) is 4.90. The van der Waals surface area contributed by atoms with Gasteiger partial charge in [0.25, 0.3) is 0 Å². The molecule has 0 saturated heterocycles. The summed E-state index contributed by atoms with van der Waals surface area (Å²) in [4.78, 5) is 17.6. The van der Waals surface area contributed by atoms with Gasteiger partial charge in [-0.2, -0.15) is 0 Å². The van der Waals surface area contributed by atoms with Crippen LogP contribution in [-0.4, -0.2) is 20.5 Å². The van der Waals surface area contributed by atoms with Crippen LogP contribution in [0.3, 0.4) is 0 Å². The van der Waals surface area contributed by atoms with E-state index in [1.54, 1.807) is 17.4 Å². The molecule has 3 aromatic heterocycles. The van der Waals surface area contributed by atoms with Crippen LogP contribution in [-0.2, 0) is 4.79 Å². The van der Waals surface area contributed by atoms with Crippen LogP contribution in [0.4, 0.5) is 0 Å². The van der Waals surface area contributed by atoms with Gasteiger partial charge in [0.1, 0.15) is 0 Å². The Balaban J connectivity index is 2.23. The summed E-state index contributed by atoms with van der Waals surface area (Å²) in [5.41, 5.74) is 3.04. The van der Waals surface area contributed by atoms with E-state index in [2.05, 4.69) is 4.98 Å². The maximum atomic E-state index is 11.5. The van der Waals surface area contributed by atoms with Crippen LogP contribution >= 0.6 is 22.7 Å². The summed E-state index contributed by atoms with van der Waals surface area (Å²) in [6.07, 6.45) is 1.71. The third-order valence-electron chi connectivity index (χ3n) is 3.05. The van der Waals surface area contributed by atoms with Gasteiger partial charge in [-0.1, -0.05) is 6.07 Å². The van der Waals surface area contributed by atoms with Crippen molar-refractivity contribution in [1.29, 1.82) is 0 Å². The molecule has 3 aromatic rings. The Hall–Kier alpha value is -1.92. The number of hydrogen-bond donors (Lipinski definition) is 1. The van der Waals surface area contributed by atoms with E-state index < -0.39 is 5.97 Å². The van der Waals surface area contributed by atoms with Crippen molar-refractivity contribution in [1.82, 2.24) is 9.38 Å². The van der Waals surface area contributed by atoms with Gasteiger partial charge < -0.3 is 5.11 Å². The molecule has 102 valence electrons. The quantitative estimate of drug-likeness (QED) is 0.751. The molecule has 0 radical (unpaired) electrons. The third kappa shape index (κ3) is 2.07. The lowest BCUT2D eigenvalue weighted by Crippen LogP contribution is -1.99. The van der Waals surface area contributed by atoms with Gasteiger partial charge >= 0.3 is 5.97 Å². The first kappa shape index (κ1) is 13.1. The van der Waals surface area contributed by atoms with Crippen molar-refractivity contribution in [3.05, 3.63) is 44.9 Å². The fourth-order valence-electron chi connectivity index (χ4n) is 2.10. The normalized spacial score (nSPS) is 12.2. The maximum absolute atomic E-state index is 11.5. The van der Waals surface area contributed by atoms with Crippen LogP contribution < -0.4 is 0 Å². The fraction of sp³-hybridized carbons (Fsp3) is 0.143. The summed E-state index contributed by atoms with van der Waals surface area (Å²) in [6, 6.07) is 3.67. The minimum Gasteiger partial charge on any atom is -0.478 e. The summed E-state index contributed by atoms with van der Waals surface area (Å²) in [6.45, 7) is 3.90. The molecule has 0 aromatic carbocycles. The first-order chi connectivity index (χ1) is 9.58. The first-order valence-corrected chi connectivity index (χ1v) is 7.76. The van der Waals surface area contributed by atoms with Crippen molar-refractivity contribution >= 4 is 45.3 Å². The Kier molecular flexibility index (Phi) is 3.19. The Bertz CT molecular complexity index is 810. The minimum absolute atomic E-state index is 0.301. The number of aromatic nitrogens is 2. The lowest BCUT2D eigenvalue weighted by Gasteiger charge is -2.01. The number of carboxylic acids is 1. The van der Waals surface area contributed by atoms with Crippen LogP contribution in [0.1, 0.15) is 22.0 Å². The number of aliphatic carboxylic acids is 1. The van der Waals surface area contributed by atoms with Crippen LogP contribution in [0.15, 0.2) is 22.9 Å². The number of carbonyl (C=O) groups is 1. The predicted molar refractivity (Wildman–Crippen MR) is 82.4 cm³/mol. The van der Waals surface area contributed by atoms with Crippen LogP contribution in [0.5, 0.6) is 0 Å². The molecule has 0 spiro atoms. The molecule has 20 heavy (non-hydrogen) atoms. The Morgan fingerprint density at radius 1 is 1.40 bits per heavy atom. The van der Waals surface area contributed by atoms with Gasteiger partial charge in [0.05, 0.1) is 17.0 Å². The van der Waals surface area contributed by atoms with Gasteiger partial charge in [0.2, 0.25) is 0 Å². The van der Waals surface area contributed by atoms with Gasteiger partial charge in [-0.05, 0) is 31.4 Å². The number of aryl methyl sites for hydroxylation is 2. The van der Waals surface area contributed by atoms with E-state index in [0.29, 0.717) is 5.57 Å². The largest absolute Gasteiger partial charge is 0.478 e. The Morgan fingerprint density at radius 2 is 2.20 bits per heavy atom. The summed E-state index contributed by atoms with van der Waals surface area (Å²) < 4.78 is 2.00. The molecule has 3 heterocycles. The van der Waals surface area contributed by atoms with E-state index in [1.807, 2.05) is 41.1 Å². The minimum atomic E-state index is -0.922. The molecule has 3 rings (SSSR count). The summed E-state index contributed by atoms with van der Waals surface area (Å²) in [5, 5.41) is 13.3. The number of rotatable bonds is 3. The van der Waals surface area contributed by atoms with Crippen LogP contribution in [0, 0.1) is 13.8 Å². The highest BCUT2D eigenvalue weighted by Gasteiger charge is 2.16. The standard InChI is InChI=1S/C14H12N2O2S2/c1-8-7-20-14-15-9(2)11(16(8)14)6-10(13(17)18)12-4-3-5-19-12/h3-7H,1-2H3,(H,17,18)/b10-6-. The second kappa shape index (κ2) is 4.88. The Morgan fingerprint density at radius 3 is 2.85 bits per heavy atom. The van der Waals surface area contributed by atoms with E-state index in [9.17, 15) is 9.90 Å². The topological polar surface area (TPSA) is 54.6 Å². The second-order valence-electron chi connectivity index (χ2n) is 4.42. The summed E-state index contributed by atoms with van der Waals surface area (Å²) in [7, 11) is 0. The molecule has 0 aliphatic heterocycles. The molecule has 0 amide bonds. The molecule has 0 aliphatic rings. The van der Waals surface area contributed by atoms with Crippen LogP contribution in [0.25, 0.3) is 16.6 Å². The molecule has 0 saturated carbocycles. The molecule has 6 heteroatoms. The van der Waals surface area contributed by atoms with Crippen molar-refractivity contribution < 1.29 is 9.90 Å². The molecule has 0 unspecified atom stereocenters. The van der Waals surface area contributed by atoms with E-state index in [-0.39, 0.29) is 0 Å². The number of thiazole rings is 1. The lowest BCUT2D eigenvalue weighted by atomic mass is 10.1. The second-order valence-corrected chi connectivity index (χ2v) is 6.20. The summed E-state index contributed by atoms with van der Waals surface area (Å²) in [5.74, 6) is -0.922. The SMILES string of the molecule is Cc1nc2scc(C)n2c1/C=C(\C(=O)O)c1cccs1. The first-order valence-electron chi connectivity index (χ1n) is 6.00. The zero-order valence-corrected chi connectivity index (χ0v) is 12.6. The van der Waals surface area contributed by atoms with Gasteiger partial charge in [0, 0.05) is 16.0 Å². The monoisotopic (exact) mass is 304 g/mol. The zero-order valence-electron chi connectivity index (χ0n) is 11.0. The molecule has 0 atom stereocenters. The van der Waals surface area contributed by atoms with Crippen molar-refractivity contribution in [2.24, 2.45) is 0 Å². The van der Waals surface area contributed by atoms with Crippen molar-refractivity contribution in [2.45, 2.75) is 13.8 Å². The van der Waals surface area contributed by atoms with Crippen LogP contribution in [0.2, 0.25) is 0 Å². The van der Waals surface area contributed by atoms with Crippen molar-refractivity contribution in [2.75, 3.05) is 0 Å². The van der Waals surface area contributed by atoms with Gasteiger partial charge in [-0.15, -0.1) is 22.7 Å². The molecule has 0 aliphatic carbocycles. The Labute approximate surface area is 123 Å². The van der Waals surface area contributed by atoms with Gasteiger partial charge in [-0.3, -0.25) is 4.40 Å². The number of fused-ring (bicyclic) bond motifs is 1. The molecule has 0 bridgehead atoms. The number of thiophene rings is 1. The van der Waals surface area contributed by atoms with Crippen molar-refractivity contribution in [3.63, 3.8) is 0 Å². The van der Waals surface area contributed by atoms with E-state index >= 15 is 0 Å². The molecular weight excluding hydrogens is 292 g/mol. The molecular formula is C14H12N2O2S2. The average Bonchev–Trinajstić information content (AvgIpc) is 3.07. The number of imidazole rings is 1. The van der Waals surface area contributed by atoms with Gasteiger partial charge in [-0.25, -0.2) is 9.78 Å². The number of nitrogens with zero attached hydrogens (tertiary/aromatic N) is 2. The molecule has 1 N–H and O–H groups in total. The van der Waals surface area contributed by atoms with E-state index in [1.165, 1.54) is 11.3 Å². The average molecular weight is 304 g/mol. The van der Waals surface area contributed by atoms with Crippen molar-refractivity contribution in [3.8, 4) is 0 Å². The number of carboxylic acid groups (broad SMARTS) is 1. The van der Waals surface area contributed by atoms with E-state index in [0.717, 1.165) is 26.9 Å². The summed E-state index contributed by atoms with van der Waals surface area (Å²) >= 11 is 2.98. The predicted octanol–water partition coefficient (Wildman–Crippen LogP) is 3.70. The highest BCUT2D eigenvalue weighted by atomic mass is 32.1.